The summed E-state index contributed by atoms with van der Waals surface area (Å²) in [4.78, 5) is 24.0. The van der Waals surface area contributed by atoms with Crippen molar-refractivity contribution in [3.8, 4) is 11.5 Å². The summed E-state index contributed by atoms with van der Waals surface area (Å²) in [6.07, 6.45) is 1.06. The van der Waals surface area contributed by atoms with Crippen LogP contribution in [0.5, 0.6) is 11.5 Å². The third kappa shape index (κ3) is 5.48. The average molecular weight is 371 g/mol. The van der Waals surface area contributed by atoms with E-state index in [1.165, 1.54) is 25.8 Å². The molecule has 0 aliphatic carbocycles. The molecule has 1 atom stereocenters. The number of benzene rings is 2. The largest absolute Gasteiger partial charge is 0.497 e. The zero-order chi connectivity index (χ0) is 19.8. The van der Waals surface area contributed by atoms with Crippen molar-refractivity contribution < 1.29 is 23.8 Å². The van der Waals surface area contributed by atoms with Gasteiger partial charge in [-0.25, -0.2) is 4.79 Å². The first-order chi connectivity index (χ1) is 13.0. The molecule has 0 heterocycles. The molecule has 144 valence electrons. The molecule has 2 aromatic rings. The Balaban J connectivity index is 2.01. The van der Waals surface area contributed by atoms with Crippen molar-refractivity contribution >= 4 is 17.6 Å². The molecule has 0 spiro atoms. The van der Waals surface area contributed by atoms with E-state index in [1.54, 1.807) is 12.1 Å². The lowest BCUT2D eigenvalue weighted by Crippen LogP contribution is -2.21. The minimum absolute atomic E-state index is 0.225. The van der Waals surface area contributed by atoms with Crippen molar-refractivity contribution in [3.05, 3.63) is 53.6 Å². The van der Waals surface area contributed by atoms with Crippen LogP contribution in [-0.2, 0) is 9.53 Å². The average Bonchev–Trinajstić information content (AvgIpc) is 2.71. The number of carbonyl (C=O) groups excluding carboxylic acids is 2. The molecule has 2 aromatic carbocycles. The summed E-state index contributed by atoms with van der Waals surface area (Å²) >= 11 is 0. The number of carbonyl (C=O) groups is 2. The van der Waals surface area contributed by atoms with Gasteiger partial charge >= 0.3 is 5.97 Å². The molecule has 0 saturated carbocycles. The highest BCUT2D eigenvalue weighted by molar-refractivity contribution is 5.94. The van der Waals surface area contributed by atoms with Crippen molar-refractivity contribution in [3.63, 3.8) is 0 Å². The van der Waals surface area contributed by atoms with Crippen LogP contribution in [0.15, 0.2) is 42.5 Å². The van der Waals surface area contributed by atoms with E-state index in [9.17, 15) is 9.59 Å². The van der Waals surface area contributed by atoms with Crippen molar-refractivity contribution in [1.29, 1.82) is 0 Å². The van der Waals surface area contributed by atoms with Crippen LogP contribution in [0.1, 0.15) is 42.1 Å². The molecule has 1 N–H and O–H groups in total. The third-order valence-corrected chi connectivity index (χ3v) is 4.33. The number of methoxy groups -OCH3 is 2. The van der Waals surface area contributed by atoms with Crippen molar-refractivity contribution in [2.45, 2.75) is 26.2 Å². The fraction of sp³-hybridized carbons (Fsp3) is 0.333. The summed E-state index contributed by atoms with van der Waals surface area (Å²) in [6, 6.07) is 12.4. The fourth-order valence-corrected chi connectivity index (χ4v) is 2.50. The molecule has 2 rings (SSSR count). The highest BCUT2D eigenvalue weighted by atomic mass is 16.5. The maximum atomic E-state index is 12.2. The maximum Gasteiger partial charge on any atom is 0.341 e. The SMILES string of the molecule is CC[C@@H](C)c1ccc(NC(=O)COc2cc(OC)ccc2C(=O)OC)cc1. The lowest BCUT2D eigenvalue weighted by atomic mass is 9.99. The molecule has 0 bridgehead atoms. The summed E-state index contributed by atoms with van der Waals surface area (Å²) in [6.45, 7) is 4.05. The topological polar surface area (TPSA) is 73.9 Å². The number of nitrogens with one attached hydrogen (secondary N) is 1. The molecular formula is C21H25NO5. The summed E-state index contributed by atoms with van der Waals surface area (Å²) in [5.74, 6) is 0.337. The molecular weight excluding hydrogens is 346 g/mol. The number of hydrogen-bond acceptors (Lipinski definition) is 5. The van der Waals surface area contributed by atoms with E-state index in [2.05, 4.69) is 19.2 Å². The van der Waals surface area contributed by atoms with Gasteiger partial charge in [-0.2, -0.15) is 0 Å². The molecule has 6 nitrogen and oxygen atoms in total. The van der Waals surface area contributed by atoms with Crippen molar-refractivity contribution in [2.24, 2.45) is 0 Å². The van der Waals surface area contributed by atoms with Gasteiger partial charge in [0.1, 0.15) is 17.1 Å². The van der Waals surface area contributed by atoms with Crippen LogP contribution in [-0.4, -0.2) is 32.7 Å². The smallest absolute Gasteiger partial charge is 0.341 e. The van der Waals surface area contributed by atoms with Crippen LogP contribution < -0.4 is 14.8 Å². The lowest BCUT2D eigenvalue weighted by Gasteiger charge is -2.13. The van der Waals surface area contributed by atoms with E-state index in [0.717, 1.165) is 6.42 Å². The first-order valence-corrected chi connectivity index (χ1v) is 8.77. The highest BCUT2D eigenvalue weighted by Gasteiger charge is 2.15. The van der Waals surface area contributed by atoms with Crippen molar-refractivity contribution in [2.75, 3.05) is 26.1 Å². The number of amides is 1. The zero-order valence-corrected chi connectivity index (χ0v) is 16.1. The van der Waals surface area contributed by atoms with Gasteiger partial charge in [0, 0.05) is 11.8 Å². The first kappa shape index (κ1) is 20.3. The Morgan fingerprint density at radius 1 is 1.07 bits per heavy atom. The summed E-state index contributed by atoms with van der Waals surface area (Å²) in [5.41, 5.74) is 2.14. The zero-order valence-electron chi connectivity index (χ0n) is 16.1. The Bertz CT molecular complexity index is 786. The monoisotopic (exact) mass is 371 g/mol. The fourth-order valence-electron chi connectivity index (χ4n) is 2.50. The standard InChI is InChI=1S/C21H25NO5/c1-5-14(2)15-6-8-16(9-7-15)22-20(23)13-27-19-12-17(25-3)10-11-18(19)21(24)26-4/h6-12,14H,5,13H2,1-4H3,(H,22,23)/t14-/m1/s1. The number of ether oxygens (including phenoxy) is 3. The maximum absolute atomic E-state index is 12.2. The summed E-state index contributed by atoms with van der Waals surface area (Å²) in [7, 11) is 2.79. The van der Waals surface area contributed by atoms with Crippen LogP contribution in [0.25, 0.3) is 0 Å². The highest BCUT2D eigenvalue weighted by Crippen LogP contribution is 2.26. The van der Waals surface area contributed by atoms with E-state index in [1.807, 2.05) is 24.3 Å². The van der Waals surface area contributed by atoms with Gasteiger partial charge in [0.2, 0.25) is 0 Å². The third-order valence-electron chi connectivity index (χ3n) is 4.33. The van der Waals surface area contributed by atoms with Gasteiger partial charge < -0.3 is 19.5 Å². The molecule has 0 saturated heterocycles. The van der Waals surface area contributed by atoms with Crippen LogP contribution in [0, 0.1) is 0 Å². The number of anilines is 1. The molecule has 0 aliphatic rings. The molecule has 27 heavy (non-hydrogen) atoms. The molecule has 0 unspecified atom stereocenters. The quantitative estimate of drug-likeness (QED) is 0.710. The summed E-state index contributed by atoms with van der Waals surface area (Å²) < 4.78 is 15.4. The normalized spacial score (nSPS) is 11.4. The Hall–Kier alpha value is -3.02. The van der Waals surface area contributed by atoms with Gasteiger partial charge in [-0.1, -0.05) is 26.0 Å². The Kier molecular flexibility index (Phi) is 7.23. The van der Waals surface area contributed by atoms with E-state index in [0.29, 0.717) is 17.4 Å². The van der Waals surface area contributed by atoms with Crippen molar-refractivity contribution in [1.82, 2.24) is 0 Å². The van der Waals surface area contributed by atoms with Gasteiger partial charge in [0.05, 0.1) is 14.2 Å². The summed E-state index contributed by atoms with van der Waals surface area (Å²) in [5, 5.41) is 2.78. The molecule has 6 heteroatoms. The first-order valence-electron chi connectivity index (χ1n) is 8.77. The number of esters is 1. The second-order valence-corrected chi connectivity index (χ2v) is 6.12. The van der Waals surface area contributed by atoms with E-state index in [4.69, 9.17) is 14.2 Å². The van der Waals surface area contributed by atoms with E-state index < -0.39 is 5.97 Å². The molecule has 0 radical (unpaired) electrons. The predicted molar refractivity (Wildman–Crippen MR) is 104 cm³/mol. The molecule has 0 fully saturated rings. The van der Waals surface area contributed by atoms with Gasteiger partial charge in [-0.15, -0.1) is 0 Å². The second kappa shape index (κ2) is 9.62. The number of hydrogen-bond donors (Lipinski definition) is 1. The number of rotatable bonds is 8. The minimum atomic E-state index is -0.548. The van der Waals surface area contributed by atoms with Crippen LogP contribution in [0.4, 0.5) is 5.69 Å². The van der Waals surface area contributed by atoms with Crippen LogP contribution >= 0.6 is 0 Å². The van der Waals surface area contributed by atoms with Gasteiger partial charge in [0.25, 0.3) is 5.91 Å². The van der Waals surface area contributed by atoms with Crippen LogP contribution in [0.3, 0.4) is 0 Å². The Morgan fingerprint density at radius 3 is 2.37 bits per heavy atom. The van der Waals surface area contributed by atoms with Gasteiger partial charge in [0.15, 0.2) is 6.61 Å². The Morgan fingerprint density at radius 2 is 1.78 bits per heavy atom. The Labute approximate surface area is 159 Å². The van der Waals surface area contributed by atoms with Gasteiger partial charge in [-0.05, 0) is 42.2 Å². The molecule has 1 amide bonds. The molecule has 0 aromatic heterocycles. The van der Waals surface area contributed by atoms with E-state index in [-0.39, 0.29) is 23.8 Å². The van der Waals surface area contributed by atoms with Gasteiger partial charge in [-0.3, -0.25) is 4.79 Å². The second-order valence-electron chi connectivity index (χ2n) is 6.12. The minimum Gasteiger partial charge on any atom is -0.497 e. The van der Waals surface area contributed by atoms with Crippen LogP contribution in [0.2, 0.25) is 0 Å². The predicted octanol–water partition coefficient (Wildman–Crippen LogP) is 4.01. The molecule has 0 aliphatic heterocycles. The lowest BCUT2D eigenvalue weighted by molar-refractivity contribution is -0.118. The van der Waals surface area contributed by atoms with E-state index >= 15 is 0 Å².